The third-order valence-corrected chi connectivity index (χ3v) is 4.91. The number of pyridine rings is 1. The van der Waals surface area contributed by atoms with Gasteiger partial charge in [-0.1, -0.05) is 0 Å². The van der Waals surface area contributed by atoms with Gasteiger partial charge in [0, 0.05) is 43.6 Å². The van der Waals surface area contributed by atoms with E-state index in [0.717, 1.165) is 24.0 Å². The molecular formula is C16H19N3O. The van der Waals surface area contributed by atoms with Crippen LogP contribution < -0.4 is 5.32 Å². The smallest absolute Gasteiger partial charge is 0.255 e. The summed E-state index contributed by atoms with van der Waals surface area (Å²) >= 11 is 0. The van der Waals surface area contributed by atoms with E-state index in [4.69, 9.17) is 0 Å². The monoisotopic (exact) mass is 269 g/mol. The van der Waals surface area contributed by atoms with Crippen LogP contribution in [0.4, 0.5) is 0 Å². The Labute approximate surface area is 118 Å². The number of carbonyl (C=O) groups excluding carboxylic acids is 1. The minimum atomic E-state index is 0.137. The van der Waals surface area contributed by atoms with Gasteiger partial charge in [0.1, 0.15) is 0 Å². The van der Waals surface area contributed by atoms with E-state index in [0.29, 0.717) is 18.0 Å². The van der Waals surface area contributed by atoms with Gasteiger partial charge in [-0.15, -0.1) is 0 Å². The number of hydrogen-bond acceptors (Lipinski definition) is 2. The van der Waals surface area contributed by atoms with Gasteiger partial charge in [0.15, 0.2) is 0 Å². The fraction of sp³-hybridized carbons (Fsp3) is 0.438. The Morgan fingerprint density at radius 2 is 2.25 bits per heavy atom. The normalized spacial score (nSPS) is 28.1. The van der Waals surface area contributed by atoms with E-state index in [1.54, 1.807) is 0 Å². The van der Waals surface area contributed by atoms with Crippen LogP contribution >= 0.6 is 0 Å². The van der Waals surface area contributed by atoms with Crippen LogP contribution in [0.1, 0.15) is 23.2 Å². The Morgan fingerprint density at radius 1 is 1.35 bits per heavy atom. The van der Waals surface area contributed by atoms with Crippen molar-refractivity contribution in [3.63, 3.8) is 0 Å². The van der Waals surface area contributed by atoms with Crippen molar-refractivity contribution >= 4 is 11.4 Å². The SMILES string of the molecule is CN(C(=O)c1ccc2cccn2c1)C1CC2CC1CN2. The van der Waals surface area contributed by atoms with Crippen molar-refractivity contribution in [2.75, 3.05) is 13.6 Å². The third kappa shape index (κ3) is 1.75. The van der Waals surface area contributed by atoms with Gasteiger partial charge in [-0.25, -0.2) is 0 Å². The predicted molar refractivity (Wildman–Crippen MR) is 77.8 cm³/mol. The van der Waals surface area contributed by atoms with Crippen molar-refractivity contribution in [3.8, 4) is 0 Å². The van der Waals surface area contributed by atoms with Crippen LogP contribution in [0.2, 0.25) is 0 Å². The van der Waals surface area contributed by atoms with Crippen LogP contribution in [0, 0.1) is 5.92 Å². The van der Waals surface area contributed by atoms with Crippen molar-refractivity contribution in [3.05, 3.63) is 42.2 Å². The van der Waals surface area contributed by atoms with Crippen LogP contribution in [0.3, 0.4) is 0 Å². The summed E-state index contributed by atoms with van der Waals surface area (Å²) in [4.78, 5) is 14.6. The summed E-state index contributed by atoms with van der Waals surface area (Å²) < 4.78 is 2.00. The van der Waals surface area contributed by atoms with Crippen LogP contribution in [0.25, 0.3) is 5.52 Å². The maximum atomic E-state index is 12.7. The van der Waals surface area contributed by atoms with E-state index < -0.39 is 0 Å². The molecule has 0 radical (unpaired) electrons. The average Bonchev–Trinajstić information content (AvgIpc) is 3.19. The van der Waals surface area contributed by atoms with Gasteiger partial charge >= 0.3 is 0 Å². The molecule has 1 saturated carbocycles. The standard InChI is InChI=1S/C16H19N3O/c1-18(15-8-13-7-12(15)9-17-13)16(20)11-4-5-14-3-2-6-19(14)10-11/h2-6,10,12-13,15,17H,7-9H2,1H3. The summed E-state index contributed by atoms with van der Waals surface area (Å²) in [6.45, 7) is 1.06. The first-order valence-corrected chi connectivity index (χ1v) is 7.29. The Morgan fingerprint density at radius 3 is 3.00 bits per heavy atom. The van der Waals surface area contributed by atoms with Crippen molar-refractivity contribution < 1.29 is 4.79 Å². The minimum absolute atomic E-state index is 0.137. The molecule has 104 valence electrons. The molecule has 3 unspecified atom stereocenters. The van der Waals surface area contributed by atoms with Gasteiger partial charge in [0.25, 0.3) is 5.91 Å². The van der Waals surface area contributed by atoms with Crippen molar-refractivity contribution in [1.82, 2.24) is 14.6 Å². The number of piperidine rings is 1. The topological polar surface area (TPSA) is 36.8 Å². The number of carbonyl (C=O) groups is 1. The number of rotatable bonds is 2. The first-order valence-electron chi connectivity index (χ1n) is 7.29. The molecule has 2 fully saturated rings. The molecule has 1 aliphatic carbocycles. The number of nitrogens with zero attached hydrogens (tertiary/aromatic N) is 2. The van der Waals surface area contributed by atoms with Gasteiger partial charge in [0.2, 0.25) is 0 Å². The van der Waals surface area contributed by atoms with E-state index in [9.17, 15) is 4.79 Å². The summed E-state index contributed by atoms with van der Waals surface area (Å²) in [5.74, 6) is 0.766. The lowest BCUT2D eigenvalue weighted by Crippen LogP contribution is -2.45. The van der Waals surface area contributed by atoms with Gasteiger partial charge < -0.3 is 14.6 Å². The molecule has 2 aromatic rings. The predicted octanol–water partition coefficient (Wildman–Crippen LogP) is 1.76. The van der Waals surface area contributed by atoms with Gasteiger partial charge in [-0.3, -0.25) is 4.79 Å². The quantitative estimate of drug-likeness (QED) is 0.902. The highest BCUT2D eigenvalue weighted by Crippen LogP contribution is 2.34. The average molecular weight is 269 g/mol. The molecule has 0 aromatic carbocycles. The molecule has 1 aliphatic heterocycles. The maximum absolute atomic E-state index is 12.7. The molecule has 4 rings (SSSR count). The fourth-order valence-electron chi connectivity index (χ4n) is 3.80. The highest BCUT2D eigenvalue weighted by molar-refractivity contribution is 5.94. The molecule has 1 saturated heterocycles. The van der Waals surface area contributed by atoms with Crippen LogP contribution in [-0.2, 0) is 0 Å². The lowest BCUT2D eigenvalue weighted by atomic mass is 10.0. The van der Waals surface area contributed by atoms with Crippen LogP contribution in [-0.4, -0.2) is 40.9 Å². The first kappa shape index (κ1) is 12.0. The lowest BCUT2D eigenvalue weighted by Gasteiger charge is -2.31. The van der Waals surface area contributed by atoms with E-state index >= 15 is 0 Å². The highest BCUT2D eigenvalue weighted by atomic mass is 16.2. The Kier molecular flexibility index (Phi) is 2.60. The van der Waals surface area contributed by atoms with E-state index in [1.165, 1.54) is 6.42 Å². The molecule has 3 atom stereocenters. The van der Waals surface area contributed by atoms with E-state index in [1.807, 2.05) is 53.0 Å². The molecule has 4 nitrogen and oxygen atoms in total. The molecule has 1 amide bonds. The first-order chi connectivity index (χ1) is 9.72. The summed E-state index contributed by atoms with van der Waals surface area (Å²) in [5, 5.41) is 3.50. The van der Waals surface area contributed by atoms with Crippen LogP contribution in [0.5, 0.6) is 0 Å². The lowest BCUT2D eigenvalue weighted by molar-refractivity contribution is 0.0685. The molecule has 2 aromatic heterocycles. The Balaban J connectivity index is 1.59. The molecule has 1 N–H and O–H groups in total. The number of aromatic nitrogens is 1. The second kappa shape index (κ2) is 4.35. The third-order valence-electron chi connectivity index (χ3n) is 4.91. The zero-order chi connectivity index (χ0) is 13.7. The molecule has 2 aliphatic rings. The second-order valence-corrected chi connectivity index (χ2v) is 6.08. The number of fused-ring (bicyclic) bond motifs is 3. The molecule has 0 spiro atoms. The van der Waals surface area contributed by atoms with Crippen molar-refractivity contribution in [2.45, 2.75) is 24.9 Å². The van der Waals surface area contributed by atoms with E-state index in [2.05, 4.69) is 5.32 Å². The number of nitrogens with one attached hydrogen (secondary N) is 1. The molecule has 20 heavy (non-hydrogen) atoms. The largest absolute Gasteiger partial charge is 0.338 e. The fourth-order valence-corrected chi connectivity index (χ4v) is 3.80. The Bertz CT molecular complexity index is 663. The summed E-state index contributed by atoms with van der Waals surface area (Å²) in [7, 11) is 1.95. The zero-order valence-corrected chi connectivity index (χ0v) is 11.6. The van der Waals surface area contributed by atoms with Gasteiger partial charge in [-0.2, -0.15) is 0 Å². The van der Waals surface area contributed by atoms with Gasteiger partial charge in [-0.05, 0) is 43.0 Å². The summed E-state index contributed by atoms with van der Waals surface area (Å²) in [6.07, 6.45) is 6.23. The Hall–Kier alpha value is -1.81. The molecular weight excluding hydrogens is 250 g/mol. The number of amides is 1. The summed E-state index contributed by atoms with van der Waals surface area (Å²) in [5.41, 5.74) is 1.89. The molecule has 2 bridgehead atoms. The molecule has 3 heterocycles. The molecule has 4 heteroatoms. The second-order valence-electron chi connectivity index (χ2n) is 6.08. The zero-order valence-electron chi connectivity index (χ0n) is 11.6. The van der Waals surface area contributed by atoms with Crippen LogP contribution in [0.15, 0.2) is 36.7 Å². The van der Waals surface area contributed by atoms with Gasteiger partial charge in [0.05, 0.1) is 5.56 Å². The summed E-state index contributed by atoms with van der Waals surface area (Å²) in [6, 6.07) is 8.98. The number of hydrogen-bond donors (Lipinski definition) is 1. The van der Waals surface area contributed by atoms with Crippen molar-refractivity contribution in [1.29, 1.82) is 0 Å². The maximum Gasteiger partial charge on any atom is 0.255 e. The highest BCUT2D eigenvalue weighted by Gasteiger charge is 2.42. The van der Waals surface area contributed by atoms with Crippen molar-refractivity contribution in [2.24, 2.45) is 5.92 Å². The minimum Gasteiger partial charge on any atom is -0.338 e. The van der Waals surface area contributed by atoms with E-state index in [-0.39, 0.29) is 5.91 Å².